The van der Waals surface area contributed by atoms with Crippen molar-refractivity contribution in [3.05, 3.63) is 59.2 Å². The van der Waals surface area contributed by atoms with E-state index in [0.717, 1.165) is 11.1 Å². The molecule has 0 unspecified atom stereocenters. The summed E-state index contributed by atoms with van der Waals surface area (Å²) in [4.78, 5) is 24.2. The molecule has 1 amide bonds. The summed E-state index contributed by atoms with van der Waals surface area (Å²) in [5.41, 5.74) is 3.18. The minimum atomic E-state index is -1.17. The number of methoxy groups -OCH3 is 2. The predicted molar refractivity (Wildman–Crippen MR) is 121 cm³/mol. The zero-order valence-electron chi connectivity index (χ0n) is 18.2. The first-order valence-corrected chi connectivity index (χ1v) is 10.5. The van der Waals surface area contributed by atoms with Gasteiger partial charge in [-0.3, -0.25) is 4.79 Å². The van der Waals surface area contributed by atoms with E-state index in [4.69, 9.17) is 9.47 Å². The van der Waals surface area contributed by atoms with Crippen LogP contribution in [0.3, 0.4) is 0 Å². The molecule has 3 rings (SSSR count). The van der Waals surface area contributed by atoms with E-state index in [0.29, 0.717) is 11.7 Å². The van der Waals surface area contributed by atoms with Crippen LogP contribution in [0, 0.1) is 0 Å². The molecule has 0 bridgehead atoms. The molecule has 1 fully saturated rings. The van der Waals surface area contributed by atoms with Gasteiger partial charge in [-0.15, -0.1) is 0 Å². The lowest BCUT2D eigenvalue weighted by Crippen LogP contribution is -2.13. The molecule has 0 saturated heterocycles. The lowest BCUT2D eigenvalue weighted by molar-refractivity contribution is -0.111. The van der Waals surface area contributed by atoms with Gasteiger partial charge < -0.3 is 19.9 Å². The molecule has 1 aliphatic carbocycles. The maximum Gasteiger partial charge on any atom is 0.337 e. The third-order valence-electron chi connectivity index (χ3n) is 5.80. The Hall–Kier alpha value is -3.28. The fourth-order valence-electron chi connectivity index (χ4n) is 4.06. The van der Waals surface area contributed by atoms with Crippen LogP contribution < -0.4 is 14.8 Å². The van der Waals surface area contributed by atoms with Crippen LogP contribution >= 0.6 is 0 Å². The minimum absolute atomic E-state index is 0.0751. The van der Waals surface area contributed by atoms with Crippen LogP contribution in [-0.4, -0.2) is 31.2 Å². The SMILES string of the molecule is COc1cc(NC(=O)/C=C(/C)c2ccc(C3CCCCC3)cc2)c(C(=O)O)cc1OC. The van der Waals surface area contributed by atoms with E-state index in [2.05, 4.69) is 17.4 Å². The van der Waals surface area contributed by atoms with Crippen molar-refractivity contribution in [3.8, 4) is 11.5 Å². The quantitative estimate of drug-likeness (QED) is 0.575. The molecule has 31 heavy (non-hydrogen) atoms. The Morgan fingerprint density at radius 3 is 2.19 bits per heavy atom. The van der Waals surface area contributed by atoms with Crippen LogP contribution in [-0.2, 0) is 4.79 Å². The molecule has 0 heterocycles. The number of anilines is 1. The Morgan fingerprint density at radius 1 is 1.00 bits per heavy atom. The number of carbonyl (C=O) groups is 2. The largest absolute Gasteiger partial charge is 0.493 e. The summed E-state index contributed by atoms with van der Waals surface area (Å²) < 4.78 is 10.4. The number of carboxylic acid groups (broad SMARTS) is 1. The van der Waals surface area contributed by atoms with Gasteiger partial charge in [0, 0.05) is 18.2 Å². The number of carboxylic acids is 1. The predicted octanol–water partition coefficient (Wildman–Crippen LogP) is 5.49. The highest BCUT2D eigenvalue weighted by Gasteiger charge is 2.18. The lowest BCUT2D eigenvalue weighted by atomic mass is 9.84. The van der Waals surface area contributed by atoms with Crippen LogP contribution in [0.1, 0.15) is 66.4 Å². The Kier molecular flexibility index (Phi) is 7.34. The number of allylic oxidation sites excluding steroid dienone is 1. The summed E-state index contributed by atoms with van der Waals surface area (Å²) in [7, 11) is 2.87. The van der Waals surface area contributed by atoms with Gasteiger partial charge in [0.25, 0.3) is 0 Å². The molecule has 6 nitrogen and oxygen atoms in total. The number of hydrogen-bond acceptors (Lipinski definition) is 4. The maximum absolute atomic E-state index is 12.6. The number of hydrogen-bond donors (Lipinski definition) is 2. The zero-order valence-corrected chi connectivity index (χ0v) is 18.2. The Bertz CT molecular complexity index is 972. The number of carbonyl (C=O) groups excluding carboxylic acids is 1. The summed E-state index contributed by atoms with van der Waals surface area (Å²) in [6, 6.07) is 11.2. The monoisotopic (exact) mass is 423 g/mol. The van der Waals surface area contributed by atoms with E-state index in [1.165, 1.54) is 70.1 Å². The van der Waals surface area contributed by atoms with Crippen molar-refractivity contribution in [2.75, 3.05) is 19.5 Å². The van der Waals surface area contributed by atoms with Gasteiger partial charge in [-0.1, -0.05) is 43.5 Å². The van der Waals surface area contributed by atoms with Gasteiger partial charge in [-0.25, -0.2) is 4.79 Å². The minimum Gasteiger partial charge on any atom is -0.493 e. The van der Waals surface area contributed by atoms with Gasteiger partial charge in [0.05, 0.1) is 25.5 Å². The molecule has 0 aliphatic heterocycles. The van der Waals surface area contributed by atoms with Crippen LogP contribution in [0.2, 0.25) is 0 Å². The standard InChI is InChI=1S/C25H29NO5/c1-16(17-9-11-19(12-10-17)18-7-5-4-6-8-18)13-24(27)26-21-15-23(31-3)22(30-2)14-20(21)25(28)29/h9-15,18H,4-8H2,1-3H3,(H,26,27)(H,28,29)/b16-13-. The third-order valence-corrected chi connectivity index (χ3v) is 5.80. The second-order valence-corrected chi connectivity index (χ2v) is 7.83. The van der Waals surface area contributed by atoms with Crippen LogP contribution in [0.25, 0.3) is 5.57 Å². The third kappa shape index (κ3) is 5.45. The molecule has 2 aromatic rings. The molecule has 0 atom stereocenters. The smallest absolute Gasteiger partial charge is 0.337 e. The summed E-state index contributed by atoms with van der Waals surface area (Å²) in [5.74, 6) is -0.335. The number of rotatable bonds is 7. The average molecular weight is 424 g/mol. The van der Waals surface area contributed by atoms with Crippen molar-refractivity contribution in [2.45, 2.75) is 44.9 Å². The van der Waals surface area contributed by atoms with E-state index in [9.17, 15) is 14.7 Å². The summed E-state index contributed by atoms with van der Waals surface area (Å²) in [6.07, 6.45) is 7.87. The van der Waals surface area contributed by atoms with Crippen LogP contribution in [0.15, 0.2) is 42.5 Å². The molecular formula is C25H29NO5. The molecular weight excluding hydrogens is 394 g/mol. The number of aromatic carboxylic acids is 1. The zero-order chi connectivity index (χ0) is 22.4. The van der Waals surface area contributed by atoms with Gasteiger partial charge >= 0.3 is 5.97 Å². The number of ether oxygens (including phenoxy) is 2. The number of amides is 1. The normalized spacial score (nSPS) is 14.7. The van der Waals surface area contributed by atoms with Crippen molar-refractivity contribution in [1.82, 2.24) is 0 Å². The van der Waals surface area contributed by atoms with E-state index < -0.39 is 11.9 Å². The van der Waals surface area contributed by atoms with Crippen LogP contribution in [0.4, 0.5) is 5.69 Å². The Labute approximate surface area is 182 Å². The van der Waals surface area contributed by atoms with Crippen molar-refractivity contribution in [2.24, 2.45) is 0 Å². The number of benzene rings is 2. The topological polar surface area (TPSA) is 84.9 Å². The fourth-order valence-corrected chi connectivity index (χ4v) is 4.06. The highest BCUT2D eigenvalue weighted by atomic mass is 16.5. The second kappa shape index (κ2) is 10.2. The number of nitrogens with one attached hydrogen (secondary N) is 1. The highest BCUT2D eigenvalue weighted by molar-refractivity contribution is 6.07. The van der Waals surface area contributed by atoms with E-state index in [1.807, 2.05) is 19.1 Å². The molecule has 6 heteroatoms. The average Bonchev–Trinajstić information content (AvgIpc) is 2.79. The van der Waals surface area contributed by atoms with Gasteiger partial charge in [-0.05, 0) is 42.4 Å². The molecule has 2 aromatic carbocycles. The van der Waals surface area contributed by atoms with Gasteiger partial charge in [0.15, 0.2) is 11.5 Å². The molecule has 0 radical (unpaired) electrons. The fraction of sp³-hybridized carbons (Fsp3) is 0.360. The van der Waals surface area contributed by atoms with E-state index >= 15 is 0 Å². The first-order chi connectivity index (χ1) is 14.9. The summed E-state index contributed by atoms with van der Waals surface area (Å²) in [5, 5.41) is 12.1. The van der Waals surface area contributed by atoms with E-state index in [1.54, 1.807) is 0 Å². The van der Waals surface area contributed by atoms with Gasteiger partial charge in [-0.2, -0.15) is 0 Å². The molecule has 0 spiro atoms. The summed E-state index contributed by atoms with van der Waals surface area (Å²) in [6.45, 7) is 1.86. The lowest BCUT2D eigenvalue weighted by Gasteiger charge is -2.22. The first-order valence-electron chi connectivity index (χ1n) is 10.5. The van der Waals surface area contributed by atoms with Crippen LogP contribution in [0.5, 0.6) is 11.5 Å². The van der Waals surface area contributed by atoms with Crippen molar-refractivity contribution < 1.29 is 24.2 Å². The Balaban J connectivity index is 1.76. The molecule has 1 aliphatic rings. The molecule has 0 aromatic heterocycles. The van der Waals surface area contributed by atoms with Crippen molar-refractivity contribution >= 4 is 23.1 Å². The molecule has 164 valence electrons. The second-order valence-electron chi connectivity index (χ2n) is 7.83. The van der Waals surface area contributed by atoms with Gasteiger partial charge in [0.1, 0.15) is 0 Å². The first kappa shape index (κ1) is 22.4. The summed E-state index contributed by atoms with van der Waals surface area (Å²) >= 11 is 0. The maximum atomic E-state index is 12.6. The van der Waals surface area contributed by atoms with Crippen molar-refractivity contribution in [1.29, 1.82) is 0 Å². The molecule has 1 saturated carbocycles. The van der Waals surface area contributed by atoms with E-state index in [-0.39, 0.29) is 17.0 Å². The molecule has 2 N–H and O–H groups in total. The van der Waals surface area contributed by atoms with Crippen molar-refractivity contribution in [3.63, 3.8) is 0 Å². The van der Waals surface area contributed by atoms with Gasteiger partial charge in [0.2, 0.25) is 5.91 Å². The Morgan fingerprint density at radius 2 is 1.61 bits per heavy atom. The highest BCUT2D eigenvalue weighted by Crippen LogP contribution is 2.34.